The van der Waals surface area contributed by atoms with E-state index in [1.54, 1.807) is 0 Å². The van der Waals surface area contributed by atoms with Gasteiger partial charge in [0.05, 0.1) is 11.2 Å². The van der Waals surface area contributed by atoms with Gasteiger partial charge in [0.25, 0.3) is 0 Å². The Kier molecular flexibility index (Phi) is 2.22. The highest BCUT2D eigenvalue weighted by Crippen LogP contribution is 2.22. The van der Waals surface area contributed by atoms with Gasteiger partial charge < -0.3 is 10.1 Å². The van der Waals surface area contributed by atoms with Crippen LogP contribution in [0.25, 0.3) is 0 Å². The molecule has 66 valence electrons. The van der Waals surface area contributed by atoms with Crippen LogP contribution in [0.5, 0.6) is 0 Å². The van der Waals surface area contributed by atoms with Gasteiger partial charge in [-0.05, 0) is 4.92 Å². The Bertz CT molecular complexity index is 313. The Hall–Kier alpha value is -1.24. The van der Waals surface area contributed by atoms with Crippen LogP contribution in [0.2, 0.25) is 5.15 Å². The van der Waals surface area contributed by atoms with Crippen LogP contribution in [-0.4, -0.2) is 14.7 Å². The number of aromatic nitrogens is 2. The van der Waals surface area contributed by atoms with Crippen molar-refractivity contribution in [2.75, 3.05) is 0 Å². The predicted molar refractivity (Wildman–Crippen MR) is 35.1 cm³/mol. The van der Waals surface area contributed by atoms with Crippen LogP contribution >= 0.6 is 11.6 Å². The van der Waals surface area contributed by atoms with Crippen LogP contribution in [0.15, 0.2) is 6.07 Å². The summed E-state index contributed by atoms with van der Waals surface area (Å²) in [6, 6.07) is 0.758. The van der Waals surface area contributed by atoms with Crippen LogP contribution < -0.4 is 0 Å². The number of rotatable bonds is 2. The molecule has 0 N–H and O–H groups in total. The highest BCUT2D eigenvalue weighted by molar-refractivity contribution is 6.29. The van der Waals surface area contributed by atoms with Gasteiger partial charge in [0.15, 0.2) is 5.15 Å². The molecule has 0 atom stereocenters. The summed E-state index contributed by atoms with van der Waals surface area (Å²) >= 11 is 5.20. The standard InChI is InChI=1S/C4H2ClF2N3O2/c5-2-1-3(10(11)12)8-9(2)4(6)7/h1,4H. The van der Waals surface area contributed by atoms with Crippen molar-refractivity contribution in [3.8, 4) is 0 Å². The summed E-state index contributed by atoms with van der Waals surface area (Å²) in [5, 5.41) is 12.5. The molecule has 0 amide bonds. The number of halogens is 3. The molecular formula is C4H2ClF2N3O2. The van der Waals surface area contributed by atoms with E-state index in [0.717, 1.165) is 6.07 Å². The van der Waals surface area contributed by atoms with E-state index in [4.69, 9.17) is 11.6 Å². The summed E-state index contributed by atoms with van der Waals surface area (Å²) < 4.78 is 23.9. The SMILES string of the molecule is O=[N+]([O-])c1cc(Cl)n(C(F)F)n1. The maximum absolute atomic E-state index is 11.9. The zero-order valence-corrected chi connectivity index (χ0v) is 6.20. The van der Waals surface area contributed by atoms with Gasteiger partial charge in [-0.2, -0.15) is 8.78 Å². The number of nitrogens with zero attached hydrogens (tertiary/aromatic N) is 3. The van der Waals surface area contributed by atoms with Gasteiger partial charge in [-0.1, -0.05) is 16.3 Å². The first kappa shape index (κ1) is 8.85. The van der Waals surface area contributed by atoms with Crippen molar-refractivity contribution in [3.05, 3.63) is 21.3 Å². The lowest BCUT2D eigenvalue weighted by Gasteiger charge is -1.91. The zero-order valence-electron chi connectivity index (χ0n) is 5.45. The van der Waals surface area contributed by atoms with Crippen LogP contribution in [0, 0.1) is 10.1 Å². The van der Waals surface area contributed by atoms with Crippen molar-refractivity contribution < 1.29 is 13.7 Å². The lowest BCUT2D eigenvalue weighted by molar-refractivity contribution is -0.390. The fourth-order valence-electron chi connectivity index (χ4n) is 0.586. The Morgan fingerprint density at radius 2 is 2.33 bits per heavy atom. The smallest absolute Gasteiger partial charge is 0.358 e. The van der Waals surface area contributed by atoms with E-state index in [9.17, 15) is 18.9 Å². The van der Waals surface area contributed by atoms with E-state index in [1.165, 1.54) is 0 Å². The minimum Gasteiger partial charge on any atom is -0.358 e. The number of hydrogen-bond donors (Lipinski definition) is 0. The minimum absolute atomic E-state index is 0.0691. The second kappa shape index (κ2) is 3.02. The Balaban J connectivity index is 3.09. The van der Waals surface area contributed by atoms with Crippen molar-refractivity contribution in [2.24, 2.45) is 0 Å². The third-order valence-corrected chi connectivity index (χ3v) is 1.33. The second-order valence-corrected chi connectivity index (χ2v) is 2.19. The molecule has 0 fully saturated rings. The van der Waals surface area contributed by atoms with E-state index in [1.807, 2.05) is 0 Å². The second-order valence-electron chi connectivity index (χ2n) is 1.80. The van der Waals surface area contributed by atoms with Gasteiger partial charge in [-0.15, -0.1) is 0 Å². The molecule has 0 saturated heterocycles. The van der Waals surface area contributed by atoms with Crippen molar-refractivity contribution >= 4 is 17.4 Å². The van der Waals surface area contributed by atoms with E-state index in [2.05, 4.69) is 5.10 Å². The molecule has 1 rings (SSSR count). The average molecular weight is 198 g/mol. The molecule has 0 saturated carbocycles. The molecule has 12 heavy (non-hydrogen) atoms. The quantitative estimate of drug-likeness (QED) is 0.537. The van der Waals surface area contributed by atoms with E-state index in [0.29, 0.717) is 0 Å². The highest BCUT2D eigenvalue weighted by Gasteiger charge is 2.22. The average Bonchev–Trinajstić information content (AvgIpc) is 2.30. The van der Waals surface area contributed by atoms with E-state index >= 15 is 0 Å². The van der Waals surface area contributed by atoms with Crippen LogP contribution in [0.3, 0.4) is 0 Å². The van der Waals surface area contributed by atoms with Gasteiger partial charge in [-0.3, -0.25) is 0 Å². The monoisotopic (exact) mass is 197 g/mol. The lowest BCUT2D eigenvalue weighted by atomic mass is 10.7. The molecule has 0 spiro atoms. The molecule has 0 unspecified atom stereocenters. The largest absolute Gasteiger partial charge is 0.391 e. The van der Waals surface area contributed by atoms with Crippen molar-refractivity contribution in [1.29, 1.82) is 0 Å². The topological polar surface area (TPSA) is 61.0 Å². The summed E-state index contributed by atoms with van der Waals surface area (Å²) in [4.78, 5) is 9.12. The molecule has 0 bridgehead atoms. The first-order chi connectivity index (χ1) is 5.52. The maximum atomic E-state index is 11.9. The fourth-order valence-corrected chi connectivity index (χ4v) is 0.795. The predicted octanol–water partition coefficient (Wildman–Crippen LogP) is 1.84. The minimum atomic E-state index is -2.97. The summed E-state index contributed by atoms with van der Waals surface area (Å²) in [6.45, 7) is -2.97. The van der Waals surface area contributed by atoms with Crippen LogP contribution in [0.4, 0.5) is 14.6 Å². The van der Waals surface area contributed by atoms with Crippen molar-refractivity contribution in [3.63, 3.8) is 0 Å². The van der Waals surface area contributed by atoms with Gasteiger partial charge in [0, 0.05) is 0 Å². The molecule has 5 nitrogen and oxygen atoms in total. The van der Waals surface area contributed by atoms with Gasteiger partial charge >= 0.3 is 12.4 Å². The lowest BCUT2D eigenvalue weighted by Crippen LogP contribution is -2.00. The zero-order chi connectivity index (χ0) is 9.30. The third-order valence-electron chi connectivity index (χ3n) is 1.05. The van der Waals surface area contributed by atoms with E-state index in [-0.39, 0.29) is 4.68 Å². The van der Waals surface area contributed by atoms with Crippen LogP contribution in [-0.2, 0) is 0 Å². The van der Waals surface area contributed by atoms with Gasteiger partial charge in [0.1, 0.15) is 0 Å². The van der Waals surface area contributed by atoms with Gasteiger partial charge in [-0.25, -0.2) is 0 Å². The number of alkyl halides is 2. The molecule has 0 radical (unpaired) electrons. The molecule has 8 heteroatoms. The van der Waals surface area contributed by atoms with Crippen molar-refractivity contribution in [2.45, 2.75) is 6.55 Å². The van der Waals surface area contributed by atoms with E-state index < -0.39 is 22.4 Å². The maximum Gasteiger partial charge on any atom is 0.391 e. The first-order valence-corrected chi connectivity index (χ1v) is 3.07. The molecule has 0 aliphatic heterocycles. The Labute approximate surface area is 69.7 Å². The molecule has 1 heterocycles. The summed E-state index contributed by atoms with van der Waals surface area (Å²) in [6.07, 6.45) is 0. The summed E-state index contributed by atoms with van der Waals surface area (Å²) in [5.41, 5.74) is 0. The Morgan fingerprint density at radius 3 is 2.58 bits per heavy atom. The fraction of sp³-hybridized carbons (Fsp3) is 0.250. The number of hydrogen-bond acceptors (Lipinski definition) is 3. The number of nitro groups is 1. The molecule has 0 aliphatic rings. The highest BCUT2D eigenvalue weighted by atomic mass is 35.5. The summed E-state index contributed by atoms with van der Waals surface area (Å²) in [7, 11) is 0. The molecular weight excluding hydrogens is 196 g/mol. The Morgan fingerprint density at radius 1 is 1.75 bits per heavy atom. The first-order valence-electron chi connectivity index (χ1n) is 2.70. The molecule has 1 aromatic rings. The third kappa shape index (κ3) is 1.50. The molecule has 1 aromatic heterocycles. The molecule has 0 aromatic carbocycles. The van der Waals surface area contributed by atoms with Gasteiger partial charge in [0.2, 0.25) is 0 Å². The van der Waals surface area contributed by atoms with Crippen LogP contribution in [0.1, 0.15) is 6.55 Å². The van der Waals surface area contributed by atoms with Crippen molar-refractivity contribution in [1.82, 2.24) is 9.78 Å². The molecule has 0 aliphatic carbocycles. The summed E-state index contributed by atoms with van der Waals surface area (Å²) in [5.74, 6) is -0.694. The normalized spacial score (nSPS) is 10.7.